The average Bonchev–Trinajstić information content (AvgIpc) is 2.43. The number of hydrogen-bond acceptors (Lipinski definition) is 3. The van der Waals surface area contributed by atoms with Crippen molar-refractivity contribution in [2.75, 3.05) is 20.2 Å². The van der Waals surface area contributed by atoms with Crippen LogP contribution in [-0.2, 0) is 4.74 Å². The van der Waals surface area contributed by atoms with Crippen LogP contribution in [0, 0.1) is 0 Å². The summed E-state index contributed by atoms with van der Waals surface area (Å²) >= 11 is 0. The molecular formula is C7H16N2O. The van der Waals surface area contributed by atoms with Crippen LogP contribution in [0.3, 0.4) is 0 Å². The second-order valence-corrected chi connectivity index (χ2v) is 2.55. The van der Waals surface area contributed by atoms with E-state index < -0.39 is 0 Å². The van der Waals surface area contributed by atoms with Gasteiger partial charge < -0.3 is 10.1 Å². The van der Waals surface area contributed by atoms with Gasteiger partial charge in [0.15, 0.2) is 0 Å². The monoisotopic (exact) mass is 144 g/mol. The Labute approximate surface area is 62.1 Å². The summed E-state index contributed by atoms with van der Waals surface area (Å²) in [7, 11) is 1.97. The van der Waals surface area contributed by atoms with Crippen molar-refractivity contribution in [3.8, 4) is 0 Å². The summed E-state index contributed by atoms with van der Waals surface area (Å²) in [6, 6.07) is 0.461. The second kappa shape index (κ2) is 3.91. The number of likely N-dealkylation sites (N-methyl/N-ethyl adjacent to an activating group) is 1. The van der Waals surface area contributed by atoms with E-state index in [1.165, 1.54) is 0 Å². The number of ether oxygens (including phenoxy) is 1. The Morgan fingerprint density at radius 2 is 2.60 bits per heavy atom. The lowest BCUT2D eigenvalue weighted by atomic mass is 10.2. The quantitative estimate of drug-likeness (QED) is 0.581. The first kappa shape index (κ1) is 7.98. The zero-order valence-corrected chi connectivity index (χ0v) is 6.68. The van der Waals surface area contributed by atoms with Crippen molar-refractivity contribution in [3.63, 3.8) is 0 Å². The van der Waals surface area contributed by atoms with E-state index in [9.17, 15) is 0 Å². The van der Waals surface area contributed by atoms with E-state index in [-0.39, 0.29) is 6.23 Å². The molecule has 1 heterocycles. The highest BCUT2D eigenvalue weighted by Gasteiger charge is 2.21. The second-order valence-electron chi connectivity index (χ2n) is 2.55. The lowest BCUT2D eigenvalue weighted by molar-refractivity contribution is 0.0692. The van der Waals surface area contributed by atoms with Gasteiger partial charge in [-0.3, -0.25) is 5.32 Å². The Bertz CT molecular complexity index is 87.6. The maximum absolute atomic E-state index is 5.42. The Kier molecular flexibility index (Phi) is 3.12. The van der Waals surface area contributed by atoms with Gasteiger partial charge in [-0.25, -0.2) is 0 Å². The van der Waals surface area contributed by atoms with Gasteiger partial charge in [-0.2, -0.15) is 0 Å². The topological polar surface area (TPSA) is 33.3 Å². The third kappa shape index (κ3) is 1.68. The Morgan fingerprint density at radius 3 is 3.00 bits per heavy atom. The van der Waals surface area contributed by atoms with Crippen LogP contribution in [0.1, 0.15) is 13.3 Å². The minimum absolute atomic E-state index is 0.231. The smallest absolute Gasteiger partial charge is 0.123 e. The lowest BCUT2D eigenvalue weighted by Crippen LogP contribution is -2.43. The zero-order valence-electron chi connectivity index (χ0n) is 6.68. The minimum Gasteiger partial charge on any atom is -0.360 e. The lowest BCUT2D eigenvalue weighted by Gasteiger charge is -2.20. The fraction of sp³-hybridized carbons (Fsp3) is 1.00. The molecule has 1 rings (SSSR count). The number of nitrogens with one attached hydrogen (secondary N) is 2. The molecule has 3 heteroatoms. The molecule has 0 aliphatic carbocycles. The molecule has 0 aromatic heterocycles. The van der Waals surface area contributed by atoms with Gasteiger partial charge in [0.2, 0.25) is 0 Å². The van der Waals surface area contributed by atoms with Crippen LogP contribution in [0.25, 0.3) is 0 Å². The van der Waals surface area contributed by atoms with Crippen molar-refractivity contribution in [2.45, 2.75) is 25.6 Å². The molecule has 3 nitrogen and oxygen atoms in total. The van der Waals surface area contributed by atoms with E-state index in [4.69, 9.17) is 4.74 Å². The van der Waals surface area contributed by atoms with Crippen molar-refractivity contribution in [2.24, 2.45) is 0 Å². The van der Waals surface area contributed by atoms with E-state index in [2.05, 4.69) is 17.6 Å². The summed E-state index contributed by atoms with van der Waals surface area (Å²) in [4.78, 5) is 0. The first-order chi connectivity index (χ1) is 4.88. The van der Waals surface area contributed by atoms with Crippen LogP contribution in [0.15, 0.2) is 0 Å². The van der Waals surface area contributed by atoms with Gasteiger partial charge >= 0.3 is 0 Å². The molecule has 2 N–H and O–H groups in total. The van der Waals surface area contributed by atoms with Gasteiger partial charge in [-0.05, 0) is 13.5 Å². The molecule has 1 saturated heterocycles. The predicted molar refractivity (Wildman–Crippen MR) is 40.9 cm³/mol. The summed E-state index contributed by atoms with van der Waals surface area (Å²) in [6.45, 7) is 4.00. The molecule has 1 aliphatic rings. The molecule has 2 unspecified atom stereocenters. The SMILES string of the molecule is CCC(NC)C1NCCO1. The van der Waals surface area contributed by atoms with Crippen LogP contribution in [0.5, 0.6) is 0 Å². The van der Waals surface area contributed by atoms with E-state index in [1.807, 2.05) is 7.05 Å². The fourth-order valence-electron chi connectivity index (χ4n) is 1.27. The number of rotatable bonds is 3. The predicted octanol–water partition coefficient (Wildman–Crippen LogP) is -0.0697. The molecule has 1 fully saturated rings. The molecule has 0 saturated carbocycles. The van der Waals surface area contributed by atoms with Crippen molar-refractivity contribution >= 4 is 0 Å². The molecule has 0 radical (unpaired) electrons. The standard InChI is InChI=1S/C7H16N2O/c1-3-6(8-2)7-9-4-5-10-7/h6-9H,3-5H2,1-2H3. The first-order valence-electron chi connectivity index (χ1n) is 3.90. The maximum atomic E-state index is 5.42. The molecule has 10 heavy (non-hydrogen) atoms. The van der Waals surface area contributed by atoms with E-state index in [0.717, 1.165) is 19.6 Å². The highest BCUT2D eigenvalue weighted by Crippen LogP contribution is 2.03. The van der Waals surface area contributed by atoms with Gasteiger partial charge in [-0.15, -0.1) is 0 Å². The van der Waals surface area contributed by atoms with Gasteiger partial charge in [0.25, 0.3) is 0 Å². The van der Waals surface area contributed by atoms with Crippen LogP contribution >= 0.6 is 0 Å². The van der Waals surface area contributed by atoms with Crippen LogP contribution in [0.2, 0.25) is 0 Å². The van der Waals surface area contributed by atoms with Crippen LogP contribution in [-0.4, -0.2) is 32.5 Å². The summed E-state index contributed by atoms with van der Waals surface area (Å²) in [5, 5.41) is 6.48. The molecule has 0 aromatic carbocycles. The average molecular weight is 144 g/mol. The minimum atomic E-state index is 0.231. The maximum Gasteiger partial charge on any atom is 0.123 e. The highest BCUT2D eigenvalue weighted by atomic mass is 16.5. The van der Waals surface area contributed by atoms with Gasteiger partial charge in [0, 0.05) is 12.6 Å². The van der Waals surface area contributed by atoms with Crippen molar-refractivity contribution < 1.29 is 4.74 Å². The van der Waals surface area contributed by atoms with Gasteiger partial charge in [-0.1, -0.05) is 6.92 Å². The van der Waals surface area contributed by atoms with E-state index in [0.29, 0.717) is 6.04 Å². The molecule has 0 aromatic rings. The van der Waals surface area contributed by atoms with E-state index in [1.54, 1.807) is 0 Å². The van der Waals surface area contributed by atoms with Crippen molar-refractivity contribution in [1.29, 1.82) is 0 Å². The van der Waals surface area contributed by atoms with E-state index >= 15 is 0 Å². The molecular weight excluding hydrogens is 128 g/mol. The third-order valence-corrected chi connectivity index (χ3v) is 1.92. The van der Waals surface area contributed by atoms with Crippen LogP contribution in [0.4, 0.5) is 0 Å². The normalized spacial score (nSPS) is 28.8. The largest absolute Gasteiger partial charge is 0.360 e. The van der Waals surface area contributed by atoms with Crippen LogP contribution < -0.4 is 10.6 Å². The molecule has 2 atom stereocenters. The molecule has 0 spiro atoms. The summed E-state index contributed by atoms with van der Waals surface area (Å²) in [6.07, 6.45) is 1.34. The molecule has 1 aliphatic heterocycles. The summed E-state index contributed by atoms with van der Waals surface area (Å²) < 4.78 is 5.42. The van der Waals surface area contributed by atoms with Gasteiger partial charge in [0.1, 0.15) is 6.23 Å². The van der Waals surface area contributed by atoms with Gasteiger partial charge in [0.05, 0.1) is 6.61 Å². The summed E-state index contributed by atoms with van der Waals surface area (Å²) in [5.41, 5.74) is 0. The van der Waals surface area contributed by atoms with Crippen molar-refractivity contribution in [1.82, 2.24) is 10.6 Å². The molecule has 0 amide bonds. The first-order valence-corrected chi connectivity index (χ1v) is 3.90. The Morgan fingerprint density at radius 1 is 1.80 bits per heavy atom. The number of hydrogen-bond donors (Lipinski definition) is 2. The van der Waals surface area contributed by atoms with Crippen molar-refractivity contribution in [3.05, 3.63) is 0 Å². The Balaban J connectivity index is 2.29. The zero-order chi connectivity index (χ0) is 7.40. The Hall–Kier alpha value is -0.120. The third-order valence-electron chi connectivity index (χ3n) is 1.92. The molecule has 60 valence electrons. The molecule has 0 bridgehead atoms. The highest BCUT2D eigenvalue weighted by molar-refractivity contribution is 4.75. The summed E-state index contributed by atoms with van der Waals surface area (Å²) in [5.74, 6) is 0. The fourth-order valence-corrected chi connectivity index (χ4v) is 1.27.